The molecule has 1 N–H and O–H groups in total. The summed E-state index contributed by atoms with van der Waals surface area (Å²) < 4.78 is 31.8. The Labute approximate surface area is 162 Å². The minimum atomic E-state index is -3.37. The third-order valence-electron chi connectivity index (χ3n) is 5.62. The first-order valence-corrected chi connectivity index (χ1v) is 11.3. The number of ether oxygens (including phenoxy) is 1. The van der Waals surface area contributed by atoms with Gasteiger partial charge in [0.05, 0.1) is 23.8 Å². The number of benzene rings is 2. The molecule has 0 aromatic heterocycles. The van der Waals surface area contributed by atoms with Crippen LogP contribution in [0.15, 0.2) is 53.4 Å². The molecule has 0 unspecified atom stereocenters. The summed E-state index contributed by atoms with van der Waals surface area (Å²) in [6.07, 6.45) is 3.67. The van der Waals surface area contributed by atoms with E-state index in [1.54, 1.807) is 13.2 Å². The van der Waals surface area contributed by atoms with E-state index in [9.17, 15) is 8.42 Å². The second-order valence-electron chi connectivity index (χ2n) is 7.38. The van der Waals surface area contributed by atoms with E-state index in [2.05, 4.69) is 19.2 Å². The molecule has 0 radical (unpaired) electrons. The Morgan fingerprint density at radius 1 is 1.11 bits per heavy atom. The van der Waals surface area contributed by atoms with E-state index in [1.807, 2.05) is 42.5 Å². The lowest BCUT2D eigenvalue weighted by molar-refractivity contribution is 0.295. The number of hydrogen-bond donors (Lipinski definition) is 1. The highest BCUT2D eigenvalue weighted by atomic mass is 32.2. The number of hydrogen-bond acceptors (Lipinski definition) is 4. The molecule has 1 heterocycles. The molecule has 0 saturated carbocycles. The summed E-state index contributed by atoms with van der Waals surface area (Å²) in [6, 6.07) is 15.1. The lowest BCUT2D eigenvalue weighted by Gasteiger charge is -2.36. The van der Waals surface area contributed by atoms with Crippen LogP contribution in [0.1, 0.15) is 56.7 Å². The zero-order valence-corrected chi connectivity index (χ0v) is 17.2. The van der Waals surface area contributed by atoms with E-state index in [0.29, 0.717) is 4.90 Å². The first kappa shape index (κ1) is 19.9. The molecule has 146 valence electrons. The molecule has 2 aromatic rings. The summed E-state index contributed by atoms with van der Waals surface area (Å²) in [5.74, 6) is 0.932. The maximum Gasteiger partial charge on any atom is 0.180 e. The normalized spacial score (nSPS) is 24.0. The monoisotopic (exact) mass is 387 g/mol. The summed E-state index contributed by atoms with van der Waals surface area (Å²) in [7, 11) is -1.72. The topological polar surface area (TPSA) is 55.4 Å². The first-order valence-electron chi connectivity index (χ1n) is 9.68. The second-order valence-corrected chi connectivity index (χ2v) is 9.34. The van der Waals surface area contributed by atoms with Crippen LogP contribution in [0.5, 0.6) is 5.75 Å². The smallest absolute Gasteiger partial charge is 0.180 e. The molecule has 3 rings (SSSR count). The Kier molecular flexibility index (Phi) is 5.92. The van der Waals surface area contributed by atoms with Crippen molar-refractivity contribution in [3.8, 4) is 5.75 Å². The van der Waals surface area contributed by atoms with Crippen LogP contribution < -0.4 is 10.1 Å². The van der Waals surface area contributed by atoms with E-state index >= 15 is 0 Å². The Bertz CT molecular complexity index is 877. The molecule has 2 atom stereocenters. The molecule has 27 heavy (non-hydrogen) atoms. The minimum Gasteiger partial charge on any atom is -0.497 e. The van der Waals surface area contributed by atoms with Crippen LogP contribution in [0.4, 0.5) is 0 Å². The number of rotatable bonds is 6. The van der Waals surface area contributed by atoms with Gasteiger partial charge in [0, 0.05) is 5.54 Å². The molecule has 4 nitrogen and oxygen atoms in total. The van der Waals surface area contributed by atoms with E-state index in [-0.39, 0.29) is 11.8 Å². The fraction of sp³-hybridized carbons (Fsp3) is 0.455. The highest BCUT2D eigenvalue weighted by Gasteiger charge is 2.41. The van der Waals surface area contributed by atoms with Crippen molar-refractivity contribution in [1.82, 2.24) is 5.32 Å². The zero-order valence-electron chi connectivity index (χ0n) is 16.4. The van der Waals surface area contributed by atoms with Crippen LogP contribution in [0.25, 0.3) is 0 Å². The number of unbranched alkanes of at least 4 members (excludes halogenated alkanes) is 1. The van der Waals surface area contributed by atoms with Gasteiger partial charge in [-0.3, -0.25) is 5.32 Å². The van der Waals surface area contributed by atoms with Crippen LogP contribution in [-0.4, -0.2) is 26.8 Å². The van der Waals surface area contributed by atoms with E-state index in [4.69, 9.17) is 4.74 Å². The average Bonchev–Trinajstić information content (AvgIpc) is 2.79. The predicted octanol–water partition coefficient (Wildman–Crippen LogP) is 4.50. The zero-order chi connectivity index (χ0) is 19.5. The number of sulfone groups is 1. The van der Waals surface area contributed by atoms with Crippen molar-refractivity contribution in [2.24, 2.45) is 0 Å². The van der Waals surface area contributed by atoms with Gasteiger partial charge in [0.15, 0.2) is 9.84 Å². The number of nitrogens with one attached hydrogen (secondary N) is 1. The summed E-state index contributed by atoms with van der Waals surface area (Å²) in [5, 5.41) is 3.76. The van der Waals surface area contributed by atoms with Gasteiger partial charge in [-0.05, 0) is 42.2 Å². The van der Waals surface area contributed by atoms with Crippen LogP contribution in [0, 0.1) is 0 Å². The maximum atomic E-state index is 13.2. The van der Waals surface area contributed by atoms with Crippen LogP contribution in [0.3, 0.4) is 0 Å². The van der Waals surface area contributed by atoms with Crippen LogP contribution >= 0.6 is 0 Å². The molecular weight excluding hydrogens is 358 g/mol. The molecule has 0 aliphatic carbocycles. The van der Waals surface area contributed by atoms with Gasteiger partial charge in [-0.2, -0.15) is 0 Å². The number of fused-ring (bicyclic) bond motifs is 1. The molecule has 0 amide bonds. The molecule has 0 fully saturated rings. The van der Waals surface area contributed by atoms with Gasteiger partial charge >= 0.3 is 0 Å². The average molecular weight is 388 g/mol. The van der Waals surface area contributed by atoms with Crippen molar-refractivity contribution in [2.75, 3.05) is 12.9 Å². The Hall–Kier alpha value is -1.85. The first-order chi connectivity index (χ1) is 12.9. The minimum absolute atomic E-state index is 0.139. The van der Waals surface area contributed by atoms with Gasteiger partial charge in [0.2, 0.25) is 0 Å². The third kappa shape index (κ3) is 4.04. The van der Waals surface area contributed by atoms with Crippen LogP contribution in [-0.2, 0) is 9.84 Å². The molecular formula is C22H29NO3S. The lowest BCUT2D eigenvalue weighted by atomic mass is 9.88. The molecule has 0 bridgehead atoms. The van der Waals surface area contributed by atoms with E-state index in [0.717, 1.165) is 42.6 Å². The summed E-state index contributed by atoms with van der Waals surface area (Å²) in [5.41, 5.74) is 1.45. The van der Waals surface area contributed by atoms with Crippen LogP contribution in [0.2, 0.25) is 0 Å². The van der Waals surface area contributed by atoms with Crippen molar-refractivity contribution in [3.05, 3.63) is 59.7 Å². The summed E-state index contributed by atoms with van der Waals surface area (Å²) in [4.78, 5) is 0.449. The molecule has 0 spiro atoms. The Balaban J connectivity index is 2.15. The highest BCUT2D eigenvalue weighted by Crippen LogP contribution is 2.38. The molecule has 1 aliphatic heterocycles. The lowest BCUT2D eigenvalue weighted by Crippen LogP contribution is -2.50. The fourth-order valence-corrected chi connectivity index (χ4v) is 6.11. The molecule has 0 saturated heterocycles. The van der Waals surface area contributed by atoms with Gasteiger partial charge in [-0.1, -0.05) is 57.0 Å². The van der Waals surface area contributed by atoms with Crippen molar-refractivity contribution in [2.45, 2.75) is 56.0 Å². The Morgan fingerprint density at radius 2 is 1.81 bits per heavy atom. The van der Waals surface area contributed by atoms with Gasteiger partial charge < -0.3 is 4.74 Å². The summed E-state index contributed by atoms with van der Waals surface area (Å²) >= 11 is 0. The standard InChI is InChI=1S/C22H29NO3S/c1-4-6-15-22(5-2)16-27(24,25)20-10-8-7-9-19(20)21(23-22)17-11-13-18(26-3)14-12-17/h7-14,21,23H,4-6,15-16H2,1-3H3/t21-,22+/m0/s1. The SMILES string of the molecule is CCCC[C@]1(CC)CS(=O)(=O)c2ccccc2[C@H](c2ccc(OC)cc2)N1. The van der Waals surface area contributed by atoms with E-state index < -0.39 is 15.4 Å². The second kappa shape index (κ2) is 8.03. The van der Waals surface area contributed by atoms with Gasteiger partial charge in [0.25, 0.3) is 0 Å². The van der Waals surface area contributed by atoms with Crippen molar-refractivity contribution < 1.29 is 13.2 Å². The van der Waals surface area contributed by atoms with E-state index in [1.165, 1.54) is 0 Å². The molecule has 2 aromatic carbocycles. The van der Waals surface area contributed by atoms with Crippen molar-refractivity contribution in [1.29, 1.82) is 0 Å². The molecule has 5 heteroatoms. The highest BCUT2D eigenvalue weighted by molar-refractivity contribution is 7.91. The predicted molar refractivity (Wildman–Crippen MR) is 109 cm³/mol. The van der Waals surface area contributed by atoms with Crippen molar-refractivity contribution >= 4 is 9.84 Å². The summed E-state index contributed by atoms with van der Waals surface area (Å²) in [6.45, 7) is 4.23. The van der Waals surface area contributed by atoms with Gasteiger partial charge in [-0.25, -0.2) is 8.42 Å². The van der Waals surface area contributed by atoms with Crippen molar-refractivity contribution in [3.63, 3.8) is 0 Å². The maximum absolute atomic E-state index is 13.2. The van der Waals surface area contributed by atoms with Gasteiger partial charge in [-0.15, -0.1) is 0 Å². The fourth-order valence-electron chi connectivity index (χ4n) is 3.97. The largest absolute Gasteiger partial charge is 0.497 e. The molecule has 1 aliphatic rings. The quantitative estimate of drug-likeness (QED) is 0.793. The third-order valence-corrected chi connectivity index (χ3v) is 7.59. The Morgan fingerprint density at radius 3 is 2.44 bits per heavy atom. The number of methoxy groups -OCH3 is 1. The van der Waals surface area contributed by atoms with Gasteiger partial charge in [0.1, 0.15) is 5.75 Å².